The number of aliphatic hydroxyl groups excluding tert-OH is 1. The van der Waals surface area contributed by atoms with E-state index in [1.165, 1.54) is 24.9 Å². The van der Waals surface area contributed by atoms with Gasteiger partial charge in [-0.05, 0) is 60.6 Å². The third-order valence-corrected chi connectivity index (χ3v) is 8.73. The van der Waals surface area contributed by atoms with Crippen LogP contribution in [0.15, 0.2) is 24.3 Å². The topological polar surface area (TPSA) is 35.9 Å². The molecule has 2 saturated carbocycles. The zero-order valence-electron chi connectivity index (χ0n) is 18.2. The molecule has 0 amide bonds. The molecule has 2 aliphatic carbocycles. The van der Waals surface area contributed by atoms with Gasteiger partial charge in [-0.3, -0.25) is 4.90 Å². The number of fused-ring (bicyclic) bond motifs is 2. The first-order valence-corrected chi connectivity index (χ1v) is 11.7. The van der Waals surface area contributed by atoms with E-state index in [2.05, 4.69) is 36.6 Å². The van der Waals surface area contributed by atoms with E-state index in [0.29, 0.717) is 23.5 Å². The monoisotopic (exact) mass is 420 g/mol. The molecular formula is C24H37ClN2O2. The average Bonchev–Trinajstić information content (AvgIpc) is 3.02. The lowest BCUT2D eigenvalue weighted by Crippen LogP contribution is -2.48. The lowest BCUT2D eigenvalue weighted by molar-refractivity contribution is -0.0564. The van der Waals surface area contributed by atoms with Crippen LogP contribution in [0.25, 0.3) is 0 Å². The van der Waals surface area contributed by atoms with Crippen LogP contribution < -0.4 is 4.90 Å². The Morgan fingerprint density at radius 3 is 2.59 bits per heavy atom. The first kappa shape index (κ1) is 21.4. The Labute approximate surface area is 181 Å². The molecule has 4 atom stereocenters. The Morgan fingerprint density at radius 1 is 1.21 bits per heavy atom. The minimum absolute atomic E-state index is 0.305. The molecule has 5 heteroatoms. The lowest BCUT2D eigenvalue weighted by atomic mass is 9.70. The van der Waals surface area contributed by atoms with Crippen LogP contribution in [-0.4, -0.2) is 61.5 Å². The zero-order valence-corrected chi connectivity index (χ0v) is 19.0. The highest BCUT2D eigenvalue weighted by molar-refractivity contribution is 6.30. The first-order valence-electron chi connectivity index (χ1n) is 11.3. The van der Waals surface area contributed by atoms with E-state index in [9.17, 15) is 5.11 Å². The van der Waals surface area contributed by atoms with Crippen LogP contribution in [0, 0.1) is 16.7 Å². The fourth-order valence-corrected chi connectivity index (χ4v) is 6.16. The van der Waals surface area contributed by atoms with Crippen LogP contribution in [0.4, 0.5) is 5.69 Å². The molecule has 0 unspecified atom stereocenters. The van der Waals surface area contributed by atoms with E-state index in [-0.39, 0.29) is 6.10 Å². The molecule has 2 bridgehead atoms. The van der Waals surface area contributed by atoms with Gasteiger partial charge in [0, 0.05) is 50.0 Å². The molecule has 162 valence electrons. The molecule has 0 radical (unpaired) electrons. The second kappa shape index (κ2) is 8.37. The third kappa shape index (κ3) is 4.19. The molecule has 3 aliphatic rings. The number of hydrogen-bond acceptors (Lipinski definition) is 4. The van der Waals surface area contributed by atoms with Crippen molar-refractivity contribution in [1.29, 1.82) is 0 Å². The van der Waals surface area contributed by atoms with Gasteiger partial charge in [-0.15, -0.1) is 0 Å². The molecule has 0 spiro atoms. The summed E-state index contributed by atoms with van der Waals surface area (Å²) in [5.41, 5.74) is 1.88. The summed E-state index contributed by atoms with van der Waals surface area (Å²) in [5.74, 6) is 0.804. The van der Waals surface area contributed by atoms with Gasteiger partial charge in [0.25, 0.3) is 0 Å². The van der Waals surface area contributed by atoms with E-state index >= 15 is 0 Å². The Bertz CT molecular complexity index is 704. The molecule has 4 nitrogen and oxygen atoms in total. The second-order valence-electron chi connectivity index (χ2n) is 10.2. The number of piperazine rings is 1. The van der Waals surface area contributed by atoms with Crippen molar-refractivity contribution >= 4 is 17.3 Å². The molecule has 1 saturated heterocycles. The summed E-state index contributed by atoms with van der Waals surface area (Å²) in [4.78, 5) is 4.74. The lowest BCUT2D eigenvalue weighted by Gasteiger charge is -2.39. The summed E-state index contributed by atoms with van der Waals surface area (Å²) in [6.07, 6.45) is 4.62. The maximum atomic E-state index is 10.5. The number of ether oxygens (including phenoxy) is 1. The smallest absolute Gasteiger partial charge is 0.0689 e. The van der Waals surface area contributed by atoms with Crippen molar-refractivity contribution in [3.63, 3.8) is 0 Å². The SMILES string of the molecule is CC1(C)[C@H]2CC[C@]1(C)[C@H](OCC[C@H](O)CN1CCN(c3cccc(Cl)c3)CC1)C2. The summed E-state index contributed by atoms with van der Waals surface area (Å²) in [6.45, 7) is 12.6. The van der Waals surface area contributed by atoms with Gasteiger partial charge in [0.15, 0.2) is 0 Å². The number of benzene rings is 1. The maximum absolute atomic E-state index is 10.5. The van der Waals surface area contributed by atoms with Crippen molar-refractivity contribution in [2.45, 2.75) is 58.7 Å². The first-order chi connectivity index (χ1) is 13.8. The van der Waals surface area contributed by atoms with E-state index in [0.717, 1.165) is 50.1 Å². The summed E-state index contributed by atoms with van der Waals surface area (Å²) in [5, 5.41) is 11.3. The summed E-state index contributed by atoms with van der Waals surface area (Å²) in [6, 6.07) is 8.06. The highest BCUT2D eigenvalue weighted by Gasteiger charge is 2.61. The fraction of sp³-hybridized carbons (Fsp3) is 0.750. The molecule has 1 heterocycles. The van der Waals surface area contributed by atoms with Gasteiger partial charge in [0.05, 0.1) is 12.2 Å². The largest absolute Gasteiger partial charge is 0.392 e. The number of anilines is 1. The average molecular weight is 421 g/mol. The van der Waals surface area contributed by atoms with E-state index in [1.807, 2.05) is 18.2 Å². The molecule has 1 aromatic rings. The summed E-state index contributed by atoms with van der Waals surface area (Å²) < 4.78 is 6.32. The van der Waals surface area contributed by atoms with E-state index in [1.54, 1.807) is 0 Å². The zero-order chi connectivity index (χ0) is 20.6. The molecule has 4 rings (SSSR count). The van der Waals surface area contributed by atoms with Gasteiger partial charge >= 0.3 is 0 Å². The third-order valence-electron chi connectivity index (χ3n) is 8.50. The number of aliphatic hydroxyl groups is 1. The Kier molecular flexibility index (Phi) is 6.19. The molecule has 29 heavy (non-hydrogen) atoms. The summed E-state index contributed by atoms with van der Waals surface area (Å²) >= 11 is 6.12. The number of rotatable bonds is 7. The van der Waals surface area contributed by atoms with Crippen molar-refractivity contribution in [3.05, 3.63) is 29.3 Å². The van der Waals surface area contributed by atoms with E-state index < -0.39 is 0 Å². The molecule has 1 aliphatic heterocycles. The predicted molar refractivity (Wildman–Crippen MR) is 120 cm³/mol. The minimum Gasteiger partial charge on any atom is -0.392 e. The summed E-state index contributed by atoms with van der Waals surface area (Å²) in [7, 11) is 0. The van der Waals surface area contributed by atoms with Crippen LogP contribution >= 0.6 is 11.6 Å². The molecule has 1 aromatic carbocycles. The molecule has 3 fully saturated rings. The van der Waals surface area contributed by atoms with Crippen LogP contribution in [0.2, 0.25) is 5.02 Å². The van der Waals surface area contributed by atoms with Gasteiger partial charge in [0.1, 0.15) is 0 Å². The van der Waals surface area contributed by atoms with Crippen molar-refractivity contribution < 1.29 is 9.84 Å². The fourth-order valence-electron chi connectivity index (χ4n) is 5.98. The minimum atomic E-state index is -0.313. The highest BCUT2D eigenvalue weighted by atomic mass is 35.5. The molecule has 1 N–H and O–H groups in total. The van der Waals surface area contributed by atoms with Crippen molar-refractivity contribution in [2.24, 2.45) is 16.7 Å². The number of halogens is 1. The van der Waals surface area contributed by atoms with Crippen molar-refractivity contribution in [2.75, 3.05) is 44.2 Å². The van der Waals surface area contributed by atoms with Gasteiger partial charge < -0.3 is 14.7 Å². The predicted octanol–water partition coefficient (Wildman–Crippen LogP) is 4.44. The Morgan fingerprint density at radius 2 is 1.97 bits per heavy atom. The normalized spacial score (nSPS) is 32.7. The maximum Gasteiger partial charge on any atom is 0.0689 e. The van der Waals surface area contributed by atoms with Crippen LogP contribution in [0.5, 0.6) is 0 Å². The second-order valence-corrected chi connectivity index (χ2v) is 10.6. The van der Waals surface area contributed by atoms with Crippen LogP contribution in [-0.2, 0) is 4.74 Å². The number of hydrogen-bond donors (Lipinski definition) is 1. The quantitative estimate of drug-likeness (QED) is 0.707. The van der Waals surface area contributed by atoms with Crippen LogP contribution in [0.3, 0.4) is 0 Å². The Hall–Kier alpha value is -0.810. The van der Waals surface area contributed by atoms with E-state index in [4.69, 9.17) is 16.3 Å². The standard InChI is InChI=1S/C24H37ClN2O2/c1-23(2)18-7-9-24(23,3)22(15-18)29-14-8-21(28)17-26-10-12-27(13-11-26)20-6-4-5-19(25)16-20/h4-6,16,18,21-22,28H,7-15,17H2,1-3H3/t18-,21-,22+,24+/m0/s1. The molecule has 0 aromatic heterocycles. The van der Waals surface area contributed by atoms with Gasteiger partial charge in [0.2, 0.25) is 0 Å². The highest BCUT2D eigenvalue weighted by Crippen LogP contribution is 2.66. The van der Waals surface area contributed by atoms with Gasteiger partial charge in [-0.25, -0.2) is 0 Å². The Balaban J connectivity index is 1.17. The molecular weight excluding hydrogens is 384 g/mol. The number of nitrogens with zero attached hydrogens (tertiary/aromatic N) is 2. The van der Waals surface area contributed by atoms with Gasteiger partial charge in [-0.1, -0.05) is 38.4 Å². The van der Waals surface area contributed by atoms with Crippen molar-refractivity contribution in [3.8, 4) is 0 Å². The van der Waals surface area contributed by atoms with Crippen LogP contribution in [0.1, 0.15) is 46.5 Å². The van der Waals surface area contributed by atoms with Crippen molar-refractivity contribution in [1.82, 2.24) is 4.90 Å². The number of β-amino-alcohol motifs (C(OH)–C–C–N with tert-alkyl or cyclic N) is 1. The van der Waals surface area contributed by atoms with Gasteiger partial charge in [-0.2, -0.15) is 0 Å².